The van der Waals surface area contributed by atoms with Gasteiger partial charge in [0.15, 0.2) is 23.4 Å². The van der Waals surface area contributed by atoms with Gasteiger partial charge in [-0.15, -0.1) is 0 Å². The number of carbonyl (C=O) groups is 1. The van der Waals surface area contributed by atoms with Gasteiger partial charge in [0.2, 0.25) is 17.6 Å². The van der Waals surface area contributed by atoms with Crippen LogP contribution in [0.25, 0.3) is 0 Å². The minimum absolute atomic E-state index is 0.000521. The minimum atomic E-state index is -1.13. The number of halogens is 2. The summed E-state index contributed by atoms with van der Waals surface area (Å²) in [5.74, 6) is -2.08. The summed E-state index contributed by atoms with van der Waals surface area (Å²) in [6.07, 6.45) is 3.13. The molecule has 0 spiro atoms. The molecule has 3 N–H and O–H groups in total. The third kappa shape index (κ3) is 4.73. The van der Waals surface area contributed by atoms with Crippen LogP contribution in [-0.2, 0) is 16.9 Å². The van der Waals surface area contributed by atoms with Gasteiger partial charge in [-0.3, -0.25) is 9.79 Å². The predicted octanol–water partition coefficient (Wildman–Crippen LogP) is 2.96. The van der Waals surface area contributed by atoms with Gasteiger partial charge in [-0.05, 0) is 19.4 Å². The summed E-state index contributed by atoms with van der Waals surface area (Å²) in [5, 5.41) is 6.52. The molecular weight excluding hydrogens is 508 g/mol. The summed E-state index contributed by atoms with van der Waals surface area (Å²) in [6, 6.07) is 2.27. The number of hydrogen-bond donors (Lipinski definition) is 2. The van der Waals surface area contributed by atoms with Crippen LogP contribution in [-0.4, -0.2) is 49.6 Å². The van der Waals surface area contributed by atoms with Crippen molar-refractivity contribution in [2.24, 2.45) is 16.6 Å². The average molecular weight is 532 g/mol. The highest BCUT2D eigenvalue weighted by Gasteiger charge is 2.66. The third-order valence-electron chi connectivity index (χ3n) is 6.35. The van der Waals surface area contributed by atoms with E-state index in [1.54, 1.807) is 21.0 Å². The lowest BCUT2D eigenvalue weighted by Crippen LogP contribution is -2.38. The number of nitrogens with two attached hydrogens (primary N) is 1. The van der Waals surface area contributed by atoms with E-state index in [1.165, 1.54) is 30.2 Å². The van der Waals surface area contributed by atoms with Crippen LogP contribution in [0.4, 0.5) is 14.5 Å². The van der Waals surface area contributed by atoms with Crippen LogP contribution < -0.4 is 15.8 Å². The van der Waals surface area contributed by atoms with Crippen molar-refractivity contribution < 1.29 is 27.6 Å². The van der Waals surface area contributed by atoms with E-state index < -0.39 is 23.1 Å². The molecular formula is C23H23F2N7O4S. The van der Waals surface area contributed by atoms with E-state index in [-0.39, 0.29) is 45.3 Å². The van der Waals surface area contributed by atoms with E-state index in [4.69, 9.17) is 19.7 Å². The maximum atomic E-state index is 15.1. The van der Waals surface area contributed by atoms with Gasteiger partial charge in [-0.2, -0.15) is 4.98 Å². The normalized spacial score (nSPS) is 24.2. The molecule has 1 fully saturated rings. The quantitative estimate of drug-likeness (QED) is 0.444. The Morgan fingerprint density at radius 3 is 2.81 bits per heavy atom. The molecule has 0 radical (unpaired) electrons. The summed E-state index contributed by atoms with van der Waals surface area (Å²) in [6.45, 7) is 3.77. The third-order valence-corrected chi connectivity index (χ3v) is 7.63. The van der Waals surface area contributed by atoms with Gasteiger partial charge >= 0.3 is 0 Å². The summed E-state index contributed by atoms with van der Waals surface area (Å²) >= 11 is 1.39. The van der Waals surface area contributed by atoms with Crippen LogP contribution in [0.3, 0.4) is 0 Å². The molecule has 1 amide bonds. The molecule has 0 saturated heterocycles. The number of hydrogen-bond acceptors (Lipinski definition) is 11. The van der Waals surface area contributed by atoms with Gasteiger partial charge in [-0.1, -0.05) is 16.9 Å². The zero-order valence-corrected chi connectivity index (χ0v) is 20.9. The number of ether oxygens (including phenoxy) is 2. The number of rotatable bonds is 8. The van der Waals surface area contributed by atoms with E-state index in [9.17, 15) is 9.18 Å². The van der Waals surface area contributed by atoms with Crippen molar-refractivity contribution >= 4 is 28.5 Å². The van der Waals surface area contributed by atoms with Crippen LogP contribution in [0.5, 0.6) is 5.88 Å². The van der Waals surface area contributed by atoms with Gasteiger partial charge < -0.3 is 25.0 Å². The molecule has 1 unspecified atom stereocenters. The highest BCUT2D eigenvalue weighted by molar-refractivity contribution is 8.15. The number of benzene rings is 1. The molecule has 11 nitrogen and oxygen atoms in total. The largest absolute Gasteiger partial charge is 0.468 e. The van der Waals surface area contributed by atoms with Crippen molar-refractivity contribution in [3.63, 3.8) is 0 Å². The number of aliphatic imine (C=N–C) groups is 1. The fourth-order valence-corrected chi connectivity index (χ4v) is 6.05. The van der Waals surface area contributed by atoms with Crippen molar-refractivity contribution in [3.05, 3.63) is 59.1 Å². The van der Waals surface area contributed by atoms with Gasteiger partial charge in [0.25, 0.3) is 5.91 Å². The zero-order chi connectivity index (χ0) is 26.4. The first kappa shape index (κ1) is 25.0. The number of nitrogens with zero attached hydrogens (tertiary/aromatic N) is 5. The van der Waals surface area contributed by atoms with E-state index in [1.807, 2.05) is 0 Å². The highest BCUT2D eigenvalue weighted by atomic mass is 32.2. The molecule has 5 rings (SSSR count). The number of thioether (sulfide) groups is 1. The Bertz CT molecular complexity index is 1390. The molecule has 3 aromatic rings. The first-order chi connectivity index (χ1) is 17.6. The second-order valence-electron chi connectivity index (χ2n) is 8.99. The number of aromatic nitrogens is 4. The van der Waals surface area contributed by atoms with Crippen LogP contribution in [0.1, 0.15) is 41.1 Å². The number of carbonyl (C=O) groups excluding carboxylic acids is 1. The fraction of sp³-hybridized carbons (Fsp3) is 0.391. The van der Waals surface area contributed by atoms with Gasteiger partial charge in [-0.25, -0.2) is 18.7 Å². The lowest BCUT2D eigenvalue weighted by Gasteiger charge is -2.34. The van der Waals surface area contributed by atoms with Crippen molar-refractivity contribution in [2.75, 3.05) is 19.0 Å². The standard InChI is InChI=1S/C23H23F2N7O4S/c1-11-29-17(32-36-11)9-35-18-8-27-15(7-28-18)20(33)30-12-4-13(19(25)14(24)5-12)22(2)16-6-23(16,10-34-3)37-21(26)31-22/h4-5,7-8,16H,6,9-10H2,1-3H3,(H2,26,31)(H,30,33)/t16?,22-,23-/m1/s1. The molecule has 3 atom stereocenters. The SMILES string of the molecule is COC[C@]12CC1[C@@](C)(c1cc(NC(=O)c3cnc(OCc4noc(C)n4)cn3)cc(F)c1F)N=C(N)S2. The summed E-state index contributed by atoms with van der Waals surface area (Å²) in [5.41, 5.74) is 4.92. The van der Waals surface area contributed by atoms with E-state index in [0.717, 1.165) is 6.07 Å². The lowest BCUT2D eigenvalue weighted by molar-refractivity contribution is 0.102. The lowest BCUT2D eigenvalue weighted by atomic mass is 9.85. The zero-order valence-electron chi connectivity index (χ0n) is 20.1. The Labute approximate surface area is 214 Å². The highest BCUT2D eigenvalue weighted by Crippen LogP contribution is 2.66. The Kier molecular flexibility index (Phi) is 6.31. The summed E-state index contributed by atoms with van der Waals surface area (Å²) < 4.78 is 45.0. The number of amidine groups is 1. The van der Waals surface area contributed by atoms with E-state index in [0.29, 0.717) is 24.7 Å². The Balaban J connectivity index is 1.33. The first-order valence-electron chi connectivity index (χ1n) is 11.2. The Hall–Kier alpha value is -3.65. The first-order valence-corrected chi connectivity index (χ1v) is 12.0. The molecule has 2 aromatic heterocycles. The molecule has 14 heteroatoms. The second kappa shape index (κ2) is 9.34. The van der Waals surface area contributed by atoms with Crippen LogP contribution >= 0.6 is 11.8 Å². The average Bonchev–Trinajstić information content (AvgIpc) is 3.42. The fourth-order valence-electron chi connectivity index (χ4n) is 4.60. The van der Waals surface area contributed by atoms with Crippen LogP contribution in [0.15, 0.2) is 34.0 Å². The summed E-state index contributed by atoms with van der Waals surface area (Å²) in [7, 11) is 1.58. The predicted molar refractivity (Wildman–Crippen MR) is 129 cm³/mol. The van der Waals surface area contributed by atoms with Crippen LogP contribution in [0.2, 0.25) is 0 Å². The number of aryl methyl sites for hydroxylation is 1. The molecule has 2 aliphatic rings. The number of methoxy groups -OCH3 is 1. The number of nitrogens with one attached hydrogen (secondary N) is 1. The molecule has 3 heterocycles. The number of fused-ring (bicyclic) bond motifs is 1. The molecule has 1 saturated carbocycles. The van der Waals surface area contributed by atoms with Crippen molar-refractivity contribution in [1.82, 2.24) is 20.1 Å². The minimum Gasteiger partial charge on any atom is -0.468 e. The summed E-state index contributed by atoms with van der Waals surface area (Å²) in [4.78, 5) is 29.3. The number of anilines is 1. The topological polar surface area (TPSA) is 151 Å². The van der Waals surface area contributed by atoms with Gasteiger partial charge in [0, 0.05) is 37.3 Å². The molecule has 0 bridgehead atoms. The van der Waals surface area contributed by atoms with Gasteiger partial charge in [0.05, 0.1) is 29.3 Å². The van der Waals surface area contributed by atoms with Gasteiger partial charge in [0.1, 0.15) is 5.69 Å². The second-order valence-corrected chi connectivity index (χ2v) is 10.4. The molecule has 1 aliphatic heterocycles. The smallest absolute Gasteiger partial charge is 0.275 e. The molecule has 194 valence electrons. The Morgan fingerprint density at radius 2 is 2.14 bits per heavy atom. The van der Waals surface area contributed by atoms with Crippen molar-refractivity contribution in [3.8, 4) is 5.88 Å². The molecule has 1 aromatic carbocycles. The molecule has 37 heavy (non-hydrogen) atoms. The molecule has 1 aliphatic carbocycles. The van der Waals surface area contributed by atoms with Crippen LogP contribution in [0, 0.1) is 24.5 Å². The van der Waals surface area contributed by atoms with Crippen molar-refractivity contribution in [2.45, 2.75) is 37.2 Å². The van der Waals surface area contributed by atoms with Crippen molar-refractivity contribution in [1.29, 1.82) is 0 Å². The number of amides is 1. The maximum absolute atomic E-state index is 15.1. The Morgan fingerprint density at radius 1 is 1.32 bits per heavy atom. The van der Waals surface area contributed by atoms with E-state index >= 15 is 4.39 Å². The van der Waals surface area contributed by atoms with E-state index in [2.05, 4.69) is 30.4 Å². The monoisotopic (exact) mass is 531 g/mol. The maximum Gasteiger partial charge on any atom is 0.275 e.